The van der Waals surface area contributed by atoms with Gasteiger partial charge in [-0.15, -0.1) is 0 Å². The third kappa shape index (κ3) is 3.14. The number of nitrogens with zero attached hydrogens (tertiary/aromatic N) is 1. The minimum atomic E-state index is -3.10. The first-order valence-corrected chi connectivity index (χ1v) is 8.76. The fraction of sp³-hybridized carbons (Fsp3) is 0.312. The van der Waals surface area contributed by atoms with Gasteiger partial charge >= 0.3 is 0 Å². The van der Waals surface area contributed by atoms with Gasteiger partial charge in [-0.25, -0.2) is 8.42 Å². The molecule has 4 nitrogen and oxygen atoms in total. The van der Waals surface area contributed by atoms with E-state index in [1.165, 1.54) is 5.56 Å². The van der Waals surface area contributed by atoms with E-state index in [9.17, 15) is 8.42 Å². The predicted molar refractivity (Wildman–Crippen MR) is 81.8 cm³/mol. The zero-order chi connectivity index (χ0) is 14.7. The summed E-state index contributed by atoms with van der Waals surface area (Å²) in [6, 6.07) is 11.4. The second kappa shape index (κ2) is 5.95. The number of pyridine rings is 1. The van der Waals surface area contributed by atoms with Gasteiger partial charge in [-0.3, -0.25) is 4.98 Å². The van der Waals surface area contributed by atoms with Crippen LogP contribution in [0.5, 0.6) is 0 Å². The van der Waals surface area contributed by atoms with Crippen molar-refractivity contribution in [2.75, 3.05) is 12.3 Å². The van der Waals surface area contributed by atoms with Crippen molar-refractivity contribution in [3.8, 4) is 0 Å². The van der Waals surface area contributed by atoms with E-state index in [0.29, 0.717) is 11.3 Å². The normalized spacial score (nSPS) is 19.9. The lowest BCUT2D eigenvalue weighted by atomic mass is 10.0. The summed E-state index contributed by atoms with van der Waals surface area (Å²) in [5.41, 5.74) is 2.08. The summed E-state index contributed by atoms with van der Waals surface area (Å²) in [5, 5.41) is 3.47. The monoisotopic (exact) mass is 302 g/mol. The van der Waals surface area contributed by atoms with Crippen molar-refractivity contribution in [2.45, 2.75) is 23.8 Å². The Hall–Kier alpha value is -1.72. The number of hydrogen-bond acceptors (Lipinski definition) is 4. The van der Waals surface area contributed by atoms with Crippen molar-refractivity contribution < 1.29 is 8.42 Å². The number of nitrogens with one attached hydrogen (secondary N) is 1. The summed E-state index contributed by atoms with van der Waals surface area (Å²) in [5.74, 6) is 0.217. The molecule has 0 bridgehead atoms. The zero-order valence-corrected chi connectivity index (χ0v) is 12.5. The number of aromatic nitrogens is 1. The second-order valence-corrected chi connectivity index (χ2v) is 7.34. The van der Waals surface area contributed by atoms with Gasteiger partial charge in [0, 0.05) is 18.4 Å². The van der Waals surface area contributed by atoms with Crippen LogP contribution in [0.2, 0.25) is 0 Å². The Bertz CT molecular complexity index is 714. The molecule has 0 saturated carbocycles. The highest BCUT2D eigenvalue weighted by Gasteiger charge is 2.29. The van der Waals surface area contributed by atoms with Crippen LogP contribution in [0, 0.1) is 0 Å². The van der Waals surface area contributed by atoms with E-state index in [2.05, 4.69) is 10.3 Å². The minimum absolute atomic E-state index is 0.112. The average Bonchev–Trinajstić information content (AvgIpc) is 2.51. The zero-order valence-electron chi connectivity index (χ0n) is 11.7. The van der Waals surface area contributed by atoms with Gasteiger partial charge in [0.25, 0.3) is 0 Å². The summed E-state index contributed by atoms with van der Waals surface area (Å²) in [4.78, 5) is 4.58. The Labute approximate surface area is 125 Å². The maximum absolute atomic E-state index is 12.1. The van der Waals surface area contributed by atoms with Crippen LogP contribution < -0.4 is 5.32 Å². The first-order valence-electron chi connectivity index (χ1n) is 7.11. The van der Waals surface area contributed by atoms with Crippen LogP contribution in [0.25, 0.3) is 0 Å². The standard InChI is InChI=1S/C16H18N2O2S/c19-21(20)11-8-15(14-5-1-2-6-16(14)21)18-10-7-13-4-3-9-17-12-13/h1-6,9,12,15,18H,7-8,10-11H2. The van der Waals surface area contributed by atoms with E-state index in [1.807, 2.05) is 30.5 Å². The third-order valence-electron chi connectivity index (χ3n) is 3.83. The molecule has 0 spiro atoms. The molecule has 0 radical (unpaired) electrons. The van der Waals surface area contributed by atoms with Gasteiger partial charge in [-0.1, -0.05) is 24.3 Å². The Morgan fingerprint density at radius 1 is 1.19 bits per heavy atom. The Balaban J connectivity index is 1.70. The molecule has 0 aliphatic carbocycles. The van der Waals surface area contributed by atoms with Crippen LogP contribution in [0.4, 0.5) is 0 Å². The lowest BCUT2D eigenvalue weighted by Crippen LogP contribution is -2.31. The molecule has 1 N–H and O–H groups in total. The van der Waals surface area contributed by atoms with E-state index < -0.39 is 9.84 Å². The van der Waals surface area contributed by atoms with E-state index in [0.717, 1.165) is 18.5 Å². The molecule has 2 heterocycles. The number of rotatable bonds is 4. The van der Waals surface area contributed by atoms with Gasteiger partial charge in [0.05, 0.1) is 10.6 Å². The first kappa shape index (κ1) is 14.2. The molecule has 3 rings (SSSR count). The maximum atomic E-state index is 12.1. The molecule has 0 fully saturated rings. The molecule has 1 unspecified atom stereocenters. The van der Waals surface area contributed by atoms with E-state index in [4.69, 9.17) is 0 Å². The van der Waals surface area contributed by atoms with Gasteiger partial charge in [0.1, 0.15) is 0 Å². The molecule has 0 saturated heterocycles. The Morgan fingerprint density at radius 2 is 2.05 bits per heavy atom. The largest absolute Gasteiger partial charge is 0.310 e. The fourth-order valence-electron chi connectivity index (χ4n) is 2.74. The summed E-state index contributed by atoms with van der Waals surface area (Å²) in [6.07, 6.45) is 5.14. The summed E-state index contributed by atoms with van der Waals surface area (Å²) in [6.45, 7) is 0.810. The highest BCUT2D eigenvalue weighted by atomic mass is 32.2. The van der Waals surface area contributed by atoms with Crippen molar-refractivity contribution >= 4 is 9.84 Å². The topological polar surface area (TPSA) is 59.1 Å². The summed E-state index contributed by atoms with van der Waals surface area (Å²) < 4.78 is 24.2. The minimum Gasteiger partial charge on any atom is -0.310 e. The van der Waals surface area contributed by atoms with Gasteiger partial charge in [-0.2, -0.15) is 0 Å². The quantitative estimate of drug-likeness (QED) is 0.940. The maximum Gasteiger partial charge on any atom is 0.178 e. The summed E-state index contributed by atoms with van der Waals surface area (Å²) in [7, 11) is -3.10. The van der Waals surface area contributed by atoms with E-state index in [1.54, 1.807) is 18.3 Å². The van der Waals surface area contributed by atoms with Gasteiger partial charge in [0.2, 0.25) is 0 Å². The second-order valence-electron chi connectivity index (χ2n) is 5.26. The molecular weight excluding hydrogens is 284 g/mol. The van der Waals surface area contributed by atoms with Crippen molar-refractivity contribution in [3.63, 3.8) is 0 Å². The molecule has 21 heavy (non-hydrogen) atoms. The smallest absolute Gasteiger partial charge is 0.178 e. The molecular formula is C16H18N2O2S. The molecule has 110 valence electrons. The number of fused-ring (bicyclic) bond motifs is 1. The molecule has 1 aliphatic heterocycles. The van der Waals surface area contributed by atoms with Crippen molar-refractivity contribution in [2.24, 2.45) is 0 Å². The lowest BCUT2D eigenvalue weighted by Gasteiger charge is -2.26. The third-order valence-corrected chi connectivity index (χ3v) is 5.65. The van der Waals surface area contributed by atoms with E-state index >= 15 is 0 Å². The SMILES string of the molecule is O=S1(=O)CCC(NCCc2cccnc2)c2ccccc21. The van der Waals surface area contributed by atoms with Crippen molar-refractivity contribution in [1.29, 1.82) is 0 Å². The van der Waals surface area contributed by atoms with Gasteiger partial charge < -0.3 is 5.32 Å². The molecule has 2 aromatic rings. The number of sulfone groups is 1. The van der Waals surface area contributed by atoms with E-state index in [-0.39, 0.29) is 11.8 Å². The molecule has 1 aromatic heterocycles. The number of benzene rings is 1. The number of hydrogen-bond donors (Lipinski definition) is 1. The van der Waals surface area contributed by atoms with Gasteiger partial charge in [-0.05, 0) is 42.6 Å². The fourth-order valence-corrected chi connectivity index (χ4v) is 4.36. The molecule has 1 aromatic carbocycles. The van der Waals surface area contributed by atoms with Crippen LogP contribution in [0.3, 0.4) is 0 Å². The highest BCUT2D eigenvalue weighted by molar-refractivity contribution is 7.91. The predicted octanol–water partition coefficient (Wildman–Crippen LogP) is 2.13. The Morgan fingerprint density at radius 3 is 2.86 bits per heavy atom. The van der Waals surface area contributed by atoms with Crippen LogP contribution in [-0.4, -0.2) is 25.7 Å². The molecule has 1 atom stereocenters. The first-order chi connectivity index (χ1) is 10.2. The molecule has 1 aliphatic rings. The van der Waals surface area contributed by atoms with Crippen LogP contribution in [0.1, 0.15) is 23.6 Å². The molecule has 0 amide bonds. The van der Waals surface area contributed by atoms with Gasteiger partial charge in [0.15, 0.2) is 9.84 Å². The van der Waals surface area contributed by atoms with Crippen molar-refractivity contribution in [3.05, 3.63) is 59.9 Å². The van der Waals surface area contributed by atoms with Crippen LogP contribution in [0.15, 0.2) is 53.7 Å². The molecule has 5 heteroatoms. The van der Waals surface area contributed by atoms with Crippen molar-refractivity contribution in [1.82, 2.24) is 10.3 Å². The van der Waals surface area contributed by atoms with Crippen LogP contribution in [-0.2, 0) is 16.3 Å². The lowest BCUT2D eigenvalue weighted by molar-refractivity contribution is 0.495. The summed E-state index contributed by atoms with van der Waals surface area (Å²) >= 11 is 0. The average molecular weight is 302 g/mol. The Kier molecular flexibility index (Phi) is 4.03. The van der Waals surface area contributed by atoms with Crippen LogP contribution >= 0.6 is 0 Å². The highest BCUT2D eigenvalue weighted by Crippen LogP contribution is 2.31.